The minimum atomic E-state index is -4.40. The van der Waals surface area contributed by atoms with Crippen LogP contribution in [-0.4, -0.2) is 34.5 Å². The number of thiazole rings is 1. The minimum absolute atomic E-state index is 0.199. The van der Waals surface area contributed by atoms with E-state index in [0.29, 0.717) is 17.5 Å². The van der Waals surface area contributed by atoms with Gasteiger partial charge in [-0.05, 0) is 12.1 Å². The molecule has 2 aromatic rings. The summed E-state index contributed by atoms with van der Waals surface area (Å²) >= 11 is 0.977. The number of nitrogens with one attached hydrogen (secondary N) is 1. The van der Waals surface area contributed by atoms with Crippen molar-refractivity contribution in [3.8, 4) is 0 Å². The van der Waals surface area contributed by atoms with Crippen LogP contribution in [0.25, 0.3) is 0 Å². The summed E-state index contributed by atoms with van der Waals surface area (Å²) in [6.45, 7) is 0.833. The summed E-state index contributed by atoms with van der Waals surface area (Å²) in [5, 5.41) is 4.42. The highest BCUT2D eigenvalue weighted by molar-refractivity contribution is 7.09. The Bertz CT molecular complexity index is 674. The van der Waals surface area contributed by atoms with E-state index in [4.69, 9.17) is 0 Å². The molecule has 2 heterocycles. The quantitative estimate of drug-likeness (QED) is 0.685. The van der Waals surface area contributed by atoms with E-state index in [2.05, 4.69) is 15.3 Å². The highest BCUT2D eigenvalue weighted by Crippen LogP contribution is 2.29. The molecule has 0 unspecified atom stereocenters. The molecule has 0 fully saturated rings. The normalized spacial score (nSPS) is 12.5. The third kappa shape index (κ3) is 4.47. The molecule has 0 saturated heterocycles. The van der Waals surface area contributed by atoms with Crippen LogP contribution in [0, 0.1) is 0 Å². The molecule has 0 aromatic carbocycles. The van der Waals surface area contributed by atoms with Crippen molar-refractivity contribution in [3.63, 3.8) is 0 Å². The lowest BCUT2D eigenvalue weighted by Gasteiger charge is -2.22. The first-order valence-corrected chi connectivity index (χ1v) is 7.73. The Morgan fingerprint density at radius 2 is 2.22 bits per heavy atom. The van der Waals surface area contributed by atoms with Crippen LogP contribution in [0.2, 0.25) is 0 Å². The average molecular weight is 345 g/mol. The first-order valence-electron chi connectivity index (χ1n) is 6.85. The molecule has 0 aliphatic carbocycles. The number of nitrogens with zero attached hydrogens (tertiary/aromatic N) is 4. The van der Waals surface area contributed by atoms with Crippen molar-refractivity contribution >= 4 is 17.3 Å². The predicted molar refractivity (Wildman–Crippen MR) is 84.2 cm³/mol. The smallest absolute Gasteiger partial charge is 0.353 e. The van der Waals surface area contributed by atoms with Crippen LogP contribution in [-0.2, 0) is 26.3 Å². The number of hydrogen-bond acceptors (Lipinski definition) is 3. The molecule has 23 heavy (non-hydrogen) atoms. The second-order valence-electron chi connectivity index (χ2n) is 4.99. The van der Waals surface area contributed by atoms with E-state index in [9.17, 15) is 13.2 Å². The summed E-state index contributed by atoms with van der Waals surface area (Å²) in [7, 11) is 5.45. The minimum Gasteiger partial charge on any atom is -0.353 e. The third-order valence-electron chi connectivity index (χ3n) is 3.26. The summed E-state index contributed by atoms with van der Waals surface area (Å²) < 4.78 is 39.6. The van der Waals surface area contributed by atoms with E-state index in [0.717, 1.165) is 22.4 Å². The van der Waals surface area contributed by atoms with Crippen molar-refractivity contribution in [3.05, 3.63) is 40.1 Å². The number of alkyl halides is 3. The van der Waals surface area contributed by atoms with Crippen molar-refractivity contribution < 1.29 is 13.2 Å². The first-order chi connectivity index (χ1) is 10.8. The zero-order valence-electron chi connectivity index (χ0n) is 13.1. The number of aliphatic imine (C=N–C) groups is 1. The topological polar surface area (TPSA) is 45.5 Å². The van der Waals surface area contributed by atoms with E-state index in [1.165, 1.54) is 0 Å². The summed E-state index contributed by atoms with van der Waals surface area (Å²) in [5.74, 6) is 0.593. The van der Waals surface area contributed by atoms with Gasteiger partial charge in [-0.25, -0.2) is 4.98 Å². The van der Waals surface area contributed by atoms with Gasteiger partial charge in [0.1, 0.15) is 5.01 Å². The van der Waals surface area contributed by atoms with Crippen LogP contribution in [0.1, 0.15) is 16.4 Å². The van der Waals surface area contributed by atoms with Crippen LogP contribution < -0.4 is 5.32 Å². The Morgan fingerprint density at radius 1 is 1.48 bits per heavy atom. The van der Waals surface area contributed by atoms with Gasteiger partial charge in [0.15, 0.2) is 11.7 Å². The lowest BCUT2D eigenvalue weighted by atomic mass is 10.4. The summed E-state index contributed by atoms with van der Waals surface area (Å²) in [6, 6.07) is 3.95. The fourth-order valence-corrected chi connectivity index (χ4v) is 2.78. The molecule has 2 rings (SSSR count). The largest absolute Gasteiger partial charge is 0.434 e. The fraction of sp³-hybridized carbons (Fsp3) is 0.429. The standard InChI is InChI=1S/C14H18F3N5S/c1-18-13(22(3)8-10-5-4-6-21(10)2)19-7-12-20-11(9-23-12)14(15,16)17/h4-6,9H,7-8H2,1-3H3,(H,18,19). The number of aryl methyl sites for hydroxylation is 1. The second-order valence-corrected chi connectivity index (χ2v) is 5.93. The Balaban J connectivity index is 1.95. The van der Waals surface area contributed by atoms with Gasteiger partial charge >= 0.3 is 6.18 Å². The zero-order chi connectivity index (χ0) is 17.0. The van der Waals surface area contributed by atoms with E-state index in [1.807, 2.05) is 41.9 Å². The molecule has 0 atom stereocenters. The van der Waals surface area contributed by atoms with Gasteiger partial charge in [0.05, 0.1) is 13.1 Å². The molecule has 9 heteroatoms. The van der Waals surface area contributed by atoms with Crippen LogP contribution in [0.4, 0.5) is 13.2 Å². The van der Waals surface area contributed by atoms with Crippen LogP contribution in [0.15, 0.2) is 28.7 Å². The lowest BCUT2D eigenvalue weighted by molar-refractivity contribution is -0.140. The molecule has 126 valence electrons. The monoisotopic (exact) mass is 345 g/mol. The maximum absolute atomic E-state index is 12.5. The fourth-order valence-electron chi connectivity index (χ4n) is 2.04. The molecule has 0 aliphatic rings. The zero-order valence-corrected chi connectivity index (χ0v) is 13.9. The summed E-state index contributed by atoms with van der Waals surface area (Å²) in [6.07, 6.45) is -2.45. The lowest BCUT2D eigenvalue weighted by Crippen LogP contribution is -2.38. The van der Waals surface area contributed by atoms with Crippen LogP contribution >= 0.6 is 11.3 Å². The molecule has 5 nitrogen and oxygen atoms in total. The molecular weight excluding hydrogens is 327 g/mol. The van der Waals surface area contributed by atoms with Crippen molar-refractivity contribution in [1.29, 1.82) is 0 Å². The Kier molecular flexibility index (Phi) is 5.30. The molecule has 1 N–H and O–H groups in total. The van der Waals surface area contributed by atoms with Crippen molar-refractivity contribution in [2.45, 2.75) is 19.3 Å². The highest BCUT2D eigenvalue weighted by Gasteiger charge is 2.33. The molecule has 0 aliphatic heterocycles. The second kappa shape index (κ2) is 7.03. The number of aromatic nitrogens is 2. The summed E-state index contributed by atoms with van der Waals surface area (Å²) in [4.78, 5) is 9.63. The van der Waals surface area contributed by atoms with Gasteiger partial charge in [0, 0.05) is 38.4 Å². The third-order valence-corrected chi connectivity index (χ3v) is 4.11. The maximum Gasteiger partial charge on any atom is 0.434 e. The van der Waals surface area contributed by atoms with Gasteiger partial charge in [-0.3, -0.25) is 4.99 Å². The van der Waals surface area contributed by atoms with Gasteiger partial charge in [0.25, 0.3) is 0 Å². The predicted octanol–water partition coefficient (Wildman–Crippen LogP) is 2.71. The van der Waals surface area contributed by atoms with Gasteiger partial charge in [-0.2, -0.15) is 13.2 Å². The molecule has 0 spiro atoms. The van der Waals surface area contributed by atoms with E-state index in [1.54, 1.807) is 7.05 Å². The summed E-state index contributed by atoms with van der Waals surface area (Å²) in [5.41, 5.74) is 0.246. The van der Waals surface area contributed by atoms with Crippen molar-refractivity contribution in [1.82, 2.24) is 19.8 Å². The Morgan fingerprint density at radius 3 is 2.74 bits per heavy atom. The van der Waals surface area contributed by atoms with Crippen LogP contribution in [0.5, 0.6) is 0 Å². The molecule has 0 amide bonds. The van der Waals surface area contributed by atoms with E-state index in [-0.39, 0.29) is 6.54 Å². The van der Waals surface area contributed by atoms with Gasteiger partial charge < -0.3 is 14.8 Å². The number of halogens is 3. The van der Waals surface area contributed by atoms with Gasteiger partial charge in [-0.15, -0.1) is 11.3 Å². The van der Waals surface area contributed by atoms with E-state index >= 15 is 0 Å². The Hall–Kier alpha value is -2.03. The molecular formula is C14H18F3N5S. The van der Waals surface area contributed by atoms with Crippen LogP contribution in [0.3, 0.4) is 0 Å². The maximum atomic E-state index is 12.5. The van der Waals surface area contributed by atoms with E-state index < -0.39 is 11.9 Å². The van der Waals surface area contributed by atoms with Crippen molar-refractivity contribution in [2.75, 3.05) is 14.1 Å². The van der Waals surface area contributed by atoms with Gasteiger partial charge in [-0.1, -0.05) is 0 Å². The van der Waals surface area contributed by atoms with Crippen molar-refractivity contribution in [2.24, 2.45) is 12.0 Å². The molecule has 2 aromatic heterocycles. The number of hydrogen-bond donors (Lipinski definition) is 1. The number of rotatable bonds is 4. The van der Waals surface area contributed by atoms with Gasteiger partial charge in [0.2, 0.25) is 0 Å². The SMILES string of the molecule is CN=C(NCc1nc(C(F)(F)F)cs1)N(C)Cc1cccn1C. The average Bonchev–Trinajstić information content (AvgIpc) is 3.09. The Labute approximate surface area is 136 Å². The highest BCUT2D eigenvalue weighted by atomic mass is 32.1. The molecule has 0 bridgehead atoms. The first kappa shape index (κ1) is 17.3. The molecule has 0 saturated carbocycles. The number of guanidine groups is 1. The molecule has 0 radical (unpaired) electrons.